The van der Waals surface area contributed by atoms with E-state index in [2.05, 4.69) is 5.32 Å². The molecule has 0 aromatic heterocycles. The molecule has 0 heterocycles. The van der Waals surface area contributed by atoms with Gasteiger partial charge in [-0.25, -0.2) is 9.18 Å². The first-order chi connectivity index (χ1) is 10.0. The quantitative estimate of drug-likeness (QED) is 0.794. The summed E-state index contributed by atoms with van der Waals surface area (Å²) in [7, 11) is 0. The Morgan fingerprint density at radius 2 is 1.95 bits per heavy atom. The van der Waals surface area contributed by atoms with Crippen molar-refractivity contribution in [2.24, 2.45) is 17.6 Å². The molecule has 21 heavy (non-hydrogen) atoms. The highest BCUT2D eigenvalue weighted by molar-refractivity contribution is 6.01. The van der Waals surface area contributed by atoms with Gasteiger partial charge >= 0.3 is 5.97 Å². The van der Waals surface area contributed by atoms with Gasteiger partial charge in [-0.1, -0.05) is 0 Å². The first kappa shape index (κ1) is 15.4. The number of carboxylic acids is 1. The fourth-order valence-electron chi connectivity index (χ4n) is 2.70. The van der Waals surface area contributed by atoms with Crippen LogP contribution in [0.1, 0.15) is 36.0 Å². The second kappa shape index (κ2) is 6.67. The van der Waals surface area contributed by atoms with Crippen molar-refractivity contribution >= 4 is 17.6 Å². The zero-order valence-electron chi connectivity index (χ0n) is 11.6. The van der Waals surface area contributed by atoms with Crippen LogP contribution < -0.4 is 11.1 Å². The number of benzene rings is 1. The van der Waals surface area contributed by atoms with Gasteiger partial charge in [0.05, 0.1) is 11.3 Å². The molecule has 0 atom stereocenters. The summed E-state index contributed by atoms with van der Waals surface area (Å²) in [5.74, 6) is -1.79. The third kappa shape index (κ3) is 3.78. The normalized spacial score (nSPS) is 21.8. The Bertz CT molecular complexity index is 540. The molecular weight excluding hydrogens is 275 g/mol. The molecule has 0 radical (unpaired) electrons. The Morgan fingerprint density at radius 1 is 1.29 bits per heavy atom. The summed E-state index contributed by atoms with van der Waals surface area (Å²) in [4.78, 5) is 23.3. The van der Waals surface area contributed by atoms with Gasteiger partial charge in [-0.15, -0.1) is 0 Å². The number of rotatable bonds is 4. The molecule has 1 fully saturated rings. The van der Waals surface area contributed by atoms with Gasteiger partial charge < -0.3 is 16.2 Å². The van der Waals surface area contributed by atoms with Gasteiger partial charge in [0.2, 0.25) is 5.91 Å². The number of nitrogens with two attached hydrogens (primary N) is 1. The van der Waals surface area contributed by atoms with Crippen LogP contribution in [0.25, 0.3) is 0 Å². The van der Waals surface area contributed by atoms with Gasteiger partial charge in [0, 0.05) is 5.92 Å². The molecule has 114 valence electrons. The smallest absolute Gasteiger partial charge is 0.337 e. The minimum atomic E-state index is -1.27. The minimum absolute atomic E-state index is 0.134. The molecule has 1 amide bonds. The molecule has 0 saturated heterocycles. The van der Waals surface area contributed by atoms with Crippen LogP contribution in [-0.4, -0.2) is 23.5 Å². The van der Waals surface area contributed by atoms with E-state index < -0.39 is 11.8 Å². The van der Waals surface area contributed by atoms with Crippen LogP contribution in [0.5, 0.6) is 0 Å². The molecule has 1 aromatic rings. The Labute approximate surface area is 122 Å². The first-order valence-electron chi connectivity index (χ1n) is 7.05. The van der Waals surface area contributed by atoms with Gasteiger partial charge in [-0.05, 0) is 56.3 Å². The van der Waals surface area contributed by atoms with E-state index in [9.17, 15) is 14.0 Å². The molecule has 0 spiro atoms. The Kier molecular flexibility index (Phi) is 4.90. The predicted molar refractivity (Wildman–Crippen MR) is 76.5 cm³/mol. The van der Waals surface area contributed by atoms with Gasteiger partial charge in [0.25, 0.3) is 0 Å². The standard InChI is InChI=1S/C15H19FN2O3/c16-11-5-6-13(12(7-11)15(20)21)18-14(19)10-3-1-9(8-17)2-4-10/h5-7,9-10H,1-4,8,17H2,(H,18,19)(H,20,21). The van der Waals surface area contributed by atoms with Crippen molar-refractivity contribution in [3.05, 3.63) is 29.6 Å². The maximum absolute atomic E-state index is 13.1. The molecule has 6 heteroatoms. The third-order valence-electron chi connectivity index (χ3n) is 4.02. The molecule has 1 aliphatic carbocycles. The number of halogens is 1. The molecule has 1 saturated carbocycles. The van der Waals surface area contributed by atoms with E-state index in [-0.39, 0.29) is 23.1 Å². The van der Waals surface area contributed by atoms with Crippen molar-refractivity contribution in [1.82, 2.24) is 0 Å². The second-order valence-electron chi connectivity index (χ2n) is 5.44. The lowest BCUT2D eigenvalue weighted by Crippen LogP contribution is -2.29. The van der Waals surface area contributed by atoms with E-state index in [1.54, 1.807) is 0 Å². The van der Waals surface area contributed by atoms with Crippen molar-refractivity contribution in [1.29, 1.82) is 0 Å². The largest absolute Gasteiger partial charge is 0.478 e. The van der Waals surface area contributed by atoms with Crippen molar-refractivity contribution < 1.29 is 19.1 Å². The average molecular weight is 294 g/mol. The zero-order chi connectivity index (χ0) is 15.4. The molecule has 4 N–H and O–H groups in total. The molecule has 5 nitrogen and oxygen atoms in total. The maximum Gasteiger partial charge on any atom is 0.337 e. The molecule has 1 aliphatic rings. The van der Waals surface area contributed by atoms with E-state index in [4.69, 9.17) is 10.8 Å². The third-order valence-corrected chi connectivity index (χ3v) is 4.02. The minimum Gasteiger partial charge on any atom is -0.478 e. The van der Waals surface area contributed by atoms with Crippen LogP contribution in [0, 0.1) is 17.7 Å². The van der Waals surface area contributed by atoms with Crippen LogP contribution in [0.15, 0.2) is 18.2 Å². The number of carbonyl (C=O) groups excluding carboxylic acids is 1. The summed E-state index contributed by atoms with van der Waals surface area (Å²) < 4.78 is 13.1. The van der Waals surface area contributed by atoms with E-state index in [1.807, 2.05) is 0 Å². The number of carbonyl (C=O) groups is 2. The van der Waals surface area contributed by atoms with Crippen molar-refractivity contribution in [2.45, 2.75) is 25.7 Å². The van der Waals surface area contributed by atoms with Crippen LogP contribution in [-0.2, 0) is 4.79 Å². The maximum atomic E-state index is 13.1. The van der Waals surface area contributed by atoms with E-state index in [0.29, 0.717) is 12.5 Å². The molecular formula is C15H19FN2O3. The lowest BCUT2D eigenvalue weighted by Gasteiger charge is -2.26. The lowest BCUT2D eigenvalue weighted by molar-refractivity contribution is -0.121. The van der Waals surface area contributed by atoms with Crippen molar-refractivity contribution in [2.75, 3.05) is 11.9 Å². The number of amides is 1. The fourth-order valence-corrected chi connectivity index (χ4v) is 2.70. The van der Waals surface area contributed by atoms with Gasteiger partial charge in [-0.2, -0.15) is 0 Å². The number of aromatic carboxylic acids is 1. The van der Waals surface area contributed by atoms with E-state index in [1.165, 1.54) is 6.07 Å². The first-order valence-corrected chi connectivity index (χ1v) is 7.05. The fraction of sp³-hybridized carbons (Fsp3) is 0.467. The van der Waals surface area contributed by atoms with Gasteiger partial charge in [-0.3, -0.25) is 4.79 Å². The highest BCUT2D eigenvalue weighted by Crippen LogP contribution is 2.29. The number of carboxylic acid groups (broad SMARTS) is 1. The summed E-state index contributed by atoms with van der Waals surface area (Å²) in [6, 6.07) is 3.32. The van der Waals surface area contributed by atoms with Crippen LogP contribution in [0.4, 0.5) is 10.1 Å². The van der Waals surface area contributed by atoms with Crippen molar-refractivity contribution in [3.63, 3.8) is 0 Å². The molecule has 0 aliphatic heterocycles. The number of anilines is 1. The highest BCUT2D eigenvalue weighted by Gasteiger charge is 2.26. The summed E-state index contributed by atoms with van der Waals surface area (Å²) in [5.41, 5.74) is 5.51. The SMILES string of the molecule is NCC1CCC(C(=O)Nc2ccc(F)cc2C(=O)O)CC1. The molecule has 0 unspecified atom stereocenters. The number of nitrogens with one attached hydrogen (secondary N) is 1. The Balaban J connectivity index is 2.05. The number of hydrogen-bond donors (Lipinski definition) is 3. The van der Waals surface area contributed by atoms with E-state index in [0.717, 1.165) is 37.8 Å². The van der Waals surface area contributed by atoms with Crippen LogP contribution in [0.3, 0.4) is 0 Å². The summed E-state index contributed by atoms with van der Waals surface area (Å²) in [6.07, 6.45) is 3.31. The Hall–Kier alpha value is -1.95. The van der Waals surface area contributed by atoms with Crippen LogP contribution >= 0.6 is 0 Å². The summed E-state index contributed by atoms with van der Waals surface area (Å²) >= 11 is 0. The summed E-state index contributed by atoms with van der Waals surface area (Å²) in [5, 5.41) is 11.7. The van der Waals surface area contributed by atoms with Crippen LogP contribution in [0.2, 0.25) is 0 Å². The average Bonchev–Trinajstić information content (AvgIpc) is 2.49. The molecule has 0 bridgehead atoms. The summed E-state index contributed by atoms with van der Waals surface area (Å²) in [6.45, 7) is 0.634. The van der Waals surface area contributed by atoms with Crippen molar-refractivity contribution in [3.8, 4) is 0 Å². The van der Waals surface area contributed by atoms with Gasteiger partial charge in [0.1, 0.15) is 5.82 Å². The molecule has 1 aromatic carbocycles. The van der Waals surface area contributed by atoms with E-state index >= 15 is 0 Å². The lowest BCUT2D eigenvalue weighted by atomic mass is 9.81. The topological polar surface area (TPSA) is 92.4 Å². The second-order valence-corrected chi connectivity index (χ2v) is 5.44. The highest BCUT2D eigenvalue weighted by atomic mass is 19.1. The van der Waals surface area contributed by atoms with Gasteiger partial charge in [0.15, 0.2) is 0 Å². The monoisotopic (exact) mass is 294 g/mol. The molecule has 2 rings (SSSR count). The Morgan fingerprint density at radius 3 is 2.52 bits per heavy atom. The predicted octanol–water partition coefficient (Wildman–Crippen LogP) is 2.23. The zero-order valence-corrected chi connectivity index (χ0v) is 11.6. The number of hydrogen-bond acceptors (Lipinski definition) is 3.